The van der Waals surface area contributed by atoms with E-state index in [1.807, 2.05) is 93.6 Å². The van der Waals surface area contributed by atoms with Crippen molar-refractivity contribution in [2.75, 3.05) is 5.32 Å². The molecule has 0 amide bonds. The maximum Gasteiger partial charge on any atom is 0.296 e. The van der Waals surface area contributed by atoms with Crippen molar-refractivity contribution in [3.05, 3.63) is 162 Å². The number of azo groups is 4. The van der Waals surface area contributed by atoms with E-state index in [0.717, 1.165) is 51.7 Å². The van der Waals surface area contributed by atoms with Crippen molar-refractivity contribution in [2.45, 2.75) is 30.6 Å². The Hall–Kier alpha value is -7.90. The first kappa shape index (κ1) is 43.7. The van der Waals surface area contributed by atoms with Crippen LogP contribution in [0, 0.1) is 20.8 Å². The van der Waals surface area contributed by atoms with Gasteiger partial charge in [0.05, 0.1) is 34.1 Å². The van der Waals surface area contributed by atoms with Crippen LogP contribution in [0.1, 0.15) is 16.7 Å². The molecule has 0 radical (unpaired) electrons. The summed E-state index contributed by atoms with van der Waals surface area (Å²) in [6.07, 6.45) is 0. The second-order valence-electron chi connectivity index (χ2n) is 14.8. The Bertz CT molecular complexity index is 3510. The molecule has 8 aromatic carbocycles. The SMILES string of the molecule is Cc1cc(N=Nc2cc(C)c(N=Nc3ccc4cc(Nc5ccccc5)ccc4c3O)cc2C)ccc1N=Nc1ccc(N=Nc2cc3c(S(=O)(=O)O)cccc3cc2S(=O)(=O)O)cc1. The standard InChI is InChI=1S/C47H37N9O7S2/c1-28-22-37(51-54-42-23-30(3)43(24-29(42)2)55-53-41-20-12-32-25-36(17-19-38(32)47(41)57)48-33-9-5-4-6-10-33)18-21-40(28)52-49-34-13-15-35(16-14-34)50-56-44-27-39-31(26-46(44)65(61,62)63)8-7-11-45(39)64(58,59)60/h4-27,48,57H,1-3H3,(H,58,59,60)(H,61,62,63). The van der Waals surface area contributed by atoms with Crippen molar-refractivity contribution in [2.24, 2.45) is 40.9 Å². The molecule has 0 saturated heterocycles. The van der Waals surface area contributed by atoms with Gasteiger partial charge < -0.3 is 10.4 Å². The number of hydrogen-bond donors (Lipinski definition) is 4. The van der Waals surface area contributed by atoms with Gasteiger partial charge in [0.15, 0.2) is 5.75 Å². The normalized spacial score (nSPS) is 12.4. The number of fused-ring (bicyclic) bond motifs is 2. The molecule has 0 unspecified atom stereocenters. The Morgan fingerprint density at radius 3 is 1.58 bits per heavy atom. The number of nitrogens with one attached hydrogen (secondary N) is 1. The van der Waals surface area contributed by atoms with Gasteiger partial charge in [0.25, 0.3) is 20.2 Å². The van der Waals surface area contributed by atoms with Gasteiger partial charge in [-0.1, -0.05) is 36.4 Å². The predicted octanol–water partition coefficient (Wildman–Crippen LogP) is 14.5. The van der Waals surface area contributed by atoms with Crippen LogP contribution in [0.5, 0.6) is 5.75 Å². The number of benzene rings is 8. The largest absolute Gasteiger partial charge is 0.505 e. The van der Waals surface area contributed by atoms with Crippen LogP contribution in [0.4, 0.5) is 56.9 Å². The second kappa shape index (κ2) is 18.1. The van der Waals surface area contributed by atoms with E-state index in [2.05, 4.69) is 46.2 Å². The van der Waals surface area contributed by atoms with Crippen LogP contribution in [0.2, 0.25) is 0 Å². The van der Waals surface area contributed by atoms with Gasteiger partial charge >= 0.3 is 0 Å². The molecule has 0 aliphatic carbocycles. The first-order valence-corrected chi connectivity index (χ1v) is 22.6. The molecule has 8 rings (SSSR count). The molecule has 0 spiro atoms. The summed E-state index contributed by atoms with van der Waals surface area (Å²) >= 11 is 0. The highest BCUT2D eigenvalue weighted by Crippen LogP contribution is 2.39. The highest BCUT2D eigenvalue weighted by atomic mass is 32.2. The molecule has 65 heavy (non-hydrogen) atoms. The molecule has 0 saturated carbocycles. The summed E-state index contributed by atoms with van der Waals surface area (Å²) in [4.78, 5) is -1.06. The molecular formula is C47H37N9O7S2. The molecule has 0 fully saturated rings. The number of para-hydroxylation sites is 1. The maximum atomic E-state index is 12.2. The zero-order valence-electron chi connectivity index (χ0n) is 34.7. The van der Waals surface area contributed by atoms with E-state index >= 15 is 0 Å². The fourth-order valence-electron chi connectivity index (χ4n) is 6.77. The van der Waals surface area contributed by atoms with Crippen LogP contribution in [-0.4, -0.2) is 31.0 Å². The van der Waals surface area contributed by atoms with Crippen molar-refractivity contribution >= 4 is 98.7 Å². The van der Waals surface area contributed by atoms with Gasteiger partial charge in [-0.15, -0.1) is 10.2 Å². The van der Waals surface area contributed by atoms with Gasteiger partial charge in [0.2, 0.25) is 0 Å². The fourth-order valence-corrected chi connectivity index (χ4v) is 8.11. The molecule has 0 aliphatic heterocycles. The van der Waals surface area contributed by atoms with Crippen molar-refractivity contribution in [3.8, 4) is 5.75 Å². The summed E-state index contributed by atoms with van der Waals surface area (Å²) in [7, 11) is -9.44. The number of rotatable bonds is 12. The molecule has 4 N–H and O–H groups in total. The maximum absolute atomic E-state index is 12.2. The minimum atomic E-state index is -4.78. The Labute approximate surface area is 373 Å². The Kier molecular flexibility index (Phi) is 12.2. The van der Waals surface area contributed by atoms with E-state index < -0.39 is 30.0 Å². The molecule has 16 nitrogen and oxygen atoms in total. The van der Waals surface area contributed by atoms with Gasteiger partial charge in [0.1, 0.15) is 21.2 Å². The molecule has 0 aliphatic rings. The number of hydrogen-bond acceptors (Lipinski definition) is 14. The second-order valence-corrected chi connectivity index (χ2v) is 17.6. The molecule has 0 aromatic heterocycles. The van der Waals surface area contributed by atoms with Crippen molar-refractivity contribution < 1.29 is 31.0 Å². The van der Waals surface area contributed by atoms with Crippen LogP contribution in [0.25, 0.3) is 21.5 Å². The first-order chi connectivity index (χ1) is 31.1. The van der Waals surface area contributed by atoms with E-state index in [9.17, 15) is 31.0 Å². The monoisotopic (exact) mass is 903 g/mol. The smallest absolute Gasteiger partial charge is 0.296 e. The predicted molar refractivity (Wildman–Crippen MR) is 249 cm³/mol. The summed E-state index contributed by atoms with van der Waals surface area (Å²) in [6, 6.07) is 40.7. The Balaban J connectivity index is 0.919. The third-order valence-corrected chi connectivity index (χ3v) is 11.9. The van der Waals surface area contributed by atoms with E-state index in [-0.39, 0.29) is 27.9 Å². The van der Waals surface area contributed by atoms with Crippen LogP contribution in [-0.2, 0) is 20.2 Å². The van der Waals surface area contributed by atoms with E-state index in [4.69, 9.17) is 0 Å². The summed E-state index contributed by atoms with van der Waals surface area (Å²) in [6.45, 7) is 5.67. The van der Waals surface area contributed by atoms with E-state index in [1.165, 1.54) is 12.1 Å². The number of aryl methyl sites for hydroxylation is 3. The lowest BCUT2D eigenvalue weighted by Crippen LogP contribution is -2.01. The number of aromatic hydroxyl groups is 1. The molecule has 0 heterocycles. The molecule has 8 aromatic rings. The first-order valence-electron chi connectivity index (χ1n) is 19.7. The number of nitrogens with zero attached hydrogens (tertiary/aromatic N) is 8. The Morgan fingerprint density at radius 1 is 0.400 bits per heavy atom. The number of anilines is 2. The number of phenolic OH excluding ortho intramolecular Hbond substituents is 1. The van der Waals surface area contributed by atoms with Gasteiger partial charge in [-0.3, -0.25) is 9.11 Å². The van der Waals surface area contributed by atoms with Gasteiger partial charge in [-0.25, -0.2) is 0 Å². The van der Waals surface area contributed by atoms with Crippen LogP contribution in [0.3, 0.4) is 0 Å². The quantitative estimate of drug-likeness (QED) is 0.0677. The highest BCUT2D eigenvalue weighted by Gasteiger charge is 2.21. The van der Waals surface area contributed by atoms with Gasteiger partial charge in [0, 0.05) is 22.1 Å². The van der Waals surface area contributed by atoms with Crippen LogP contribution in [0.15, 0.2) is 196 Å². The average Bonchev–Trinajstić information content (AvgIpc) is 3.27. The third-order valence-electron chi connectivity index (χ3n) is 10.1. The minimum Gasteiger partial charge on any atom is -0.505 e. The van der Waals surface area contributed by atoms with Gasteiger partial charge in [-0.05, 0) is 157 Å². The lowest BCUT2D eigenvalue weighted by atomic mass is 10.1. The van der Waals surface area contributed by atoms with Crippen molar-refractivity contribution in [1.82, 2.24) is 0 Å². The van der Waals surface area contributed by atoms with Crippen LogP contribution >= 0.6 is 0 Å². The Morgan fingerprint density at radius 2 is 0.938 bits per heavy atom. The molecule has 324 valence electrons. The highest BCUT2D eigenvalue weighted by molar-refractivity contribution is 7.86. The lowest BCUT2D eigenvalue weighted by Gasteiger charge is -2.09. The van der Waals surface area contributed by atoms with E-state index in [0.29, 0.717) is 39.5 Å². The van der Waals surface area contributed by atoms with E-state index in [1.54, 1.807) is 42.5 Å². The molecule has 0 atom stereocenters. The zero-order valence-corrected chi connectivity index (χ0v) is 36.4. The van der Waals surface area contributed by atoms with Crippen molar-refractivity contribution in [1.29, 1.82) is 0 Å². The molecule has 0 bridgehead atoms. The third kappa shape index (κ3) is 10.2. The molecular weight excluding hydrogens is 867 g/mol. The molecule has 18 heteroatoms. The average molecular weight is 904 g/mol. The van der Waals surface area contributed by atoms with Crippen molar-refractivity contribution in [3.63, 3.8) is 0 Å². The van der Waals surface area contributed by atoms with Crippen LogP contribution < -0.4 is 5.32 Å². The lowest BCUT2D eigenvalue weighted by molar-refractivity contribution is 0.482. The summed E-state index contributed by atoms with van der Waals surface area (Å²) in [5.74, 6) is 0.0416. The number of phenols is 1. The zero-order chi connectivity index (χ0) is 45.9. The summed E-state index contributed by atoms with van der Waals surface area (Å²) in [5.41, 5.74) is 7.55. The van der Waals surface area contributed by atoms with Gasteiger partial charge in [-0.2, -0.15) is 47.5 Å². The minimum absolute atomic E-state index is 0.0112. The fraction of sp³-hybridized carbons (Fsp3) is 0.0638. The summed E-state index contributed by atoms with van der Waals surface area (Å²) in [5, 5.41) is 50.5. The summed E-state index contributed by atoms with van der Waals surface area (Å²) < 4.78 is 67.7. The topological polar surface area (TPSA) is 240 Å².